The Labute approximate surface area is 187 Å². The van der Waals surface area contributed by atoms with Gasteiger partial charge in [-0.15, -0.1) is 0 Å². The van der Waals surface area contributed by atoms with Crippen LogP contribution >= 0.6 is 0 Å². The second-order valence-electron chi connectivity index (χ2n) is 7.18. The zero-order valence-electron chi connectivity index (χ0n) is 18.0. The van der Waals surface area contributed by atoms with E-state index in [9.17, 15) is 18.0 Å². The molecule has 0 bridgehead atoms. The standard InChI is InChI=1S/C24H24N2O5S/c1-17-12-14-19(15-13-17)26(32(29,30)20-8-5-4-6-9-20)16-23(27)25-22-11-7-10-21(18(22)2)24(28)31-3/h4-15H,16H2,1-3H3,(H,25,27). The summed E-state index contributed by atoms with van der Waals surface area (Å²) in [7, 11) is -2.71. The Balaban J connectivity index is 1.93. The summed E-state index contributed by atoms with van der Waals surface area (Å²) in [5, 5.41) is 2.71. The number of carbonyl (C=O) groups is 2. The highest BCUT2D eigenvalue weighted by molar-refractivity contribution is 7.92. The number of ether oxygens (including phenoxy) is 1. The maximum Gasteiger partial charge on any atom is 0.338 e. The Morgan fingerprint density at radius 1 is 0.906 bits per heavy atom. The van der Waals surface area contributed by atoms with E-state index in [-0.39, 0.29) is 4.90 Å². The van der Waals surface area contributed by atoms with Gasteiger partial charge in [-0.1, -0.05) is 42.0 Å². The minimum absolute atomic E-state index is 0.0808. The Morgan fingerprint density at radius 3 is 2.19 bits per heavy atom. The second kappa shape index (κ2) is 9.65. The first-order chi connectivity index (χ1) is 15.2. The number of benzene rings is 3. The van der Waals surface area contributed by atoms with E-state index in [4.69, 9.17) is 4.74 Å². The van der Waals surface area contributed by atoms with E-state index in [0.29, 0.717) is 22.5 Å². The van der Waals surface area contributed by atoms with E-state index in [0.717, 1.165) is 9.87 Å². The van der Waals surface area contributed by atoms with Crippen LogP contribution in [-0.2, 0) is 19.6 Å². The molecule has 0 spiro atoms. The summed E-state index contributed by atoms with van der Waals surface area (Å²) in [5.74, 6) is -1.07. The van der Waals surface area contributed by atoms with Crippen LogP contribution in [0.5, 0.6) is 0 Å². The van der Waals surface area contributed by atoms with E-state index in [2.05, 4.69) is 5.32 Å². The number of hydrogen-bond acceptors (Lipinski definition) is 5. The predicted octanol–water partition coefficient (Wildman–Crippen LogP) is 3.92. The predicted molar refractivity (Wildman–Crippen MR) is 123 cm³/mol. The van der Waals surface area contributed by atoms with Gasteiger partial charge in [-0.25, -0.2) is 13.2 Å². The average molecular weight is 453 g/mol. The number of aryl methyl sites for hydroxylation is 1. The monoisotopic (exact) mass is 452 g/mol. The number of methoxy groups -OCH3 is 1. The van der Waals surface area contributed by atoms with E-state index in [1.54, 1.807) is 67.6 Å². The number of anilines is 2. The molecule has 3 aromatic carbocycles. The first-order valence-corrected chi connectivity index (χ1v) is 11.3. The molecule has 0 atom stereocenters. The summed E-state index contributed by atoms with van der Waals surface area (Å²) in [5.41, 5.74) is 2.58. The number of esters is 1. The molecule has 3 aromatic rings. The number of hydrogen-bond donors (Lipinski definition) is 1. The molecule has 1 amide bonds. The van der Waals surface area contributed by atoms with Crippen molar-refractivity contribution in [1.82, 2.24) is 0 Å². The van der Waals surface area contributed by atoms with E-state index >= 15 is 0 Å². The minimum Gasteiger partial charge on any atom is -0.465 e. The maximum absolute atomic E-state index is 13.3. The van der Waals surface area contributed by atoms with Crippen molar-refractivity contribution in [3.63, 3.8) is 0 Å². The van der Waals surface area contributed by atoms with Crippen LogP contribution in [0.1, 0.15) is 21.5 Å². The topological polar surface area (TPSA) is 92.8 Å². The molecule has 0 saturated carbocycles. The van der Waals surface area contributed by atoms with Crippen molar-refractivity contribution in [2.45, 2.75) is 18.7 Å². The van der Waals surface area contributed by atoms with Crippen LogP contribution in [-0.4, -0.2) is 33.9 Å². The zero-order valence-corrected chi connectivity index (χ0v) is 18.8. The van der Waals surface area contributed by atoms with Crippen molar-refractivity contribution in [2.75, 3.05) is 23.3 Å². The molecule has 166 valence electrons. The fourth-order valence-electron chi connectivity index (χ4n) is 3.17. The minimum atomic E-state index is -3.99. The van der Waals surface area contributed by atoms with Crippen molar-refractivity contribution in [3.05, 3.63) is 89.5 Å². The van der Waals surface area contributed by atoms with Gasteiger partial charge in [0, 0.05) is 5.69 Å². The van der Waals surface area contributed by atoms with Crippen molar-refractivity contribution in [3.8, 4) is 0 Å². The molecule has 1 N–H and O–H groups in total. The third-order valence-electron chi connectivity index (χ3n) is 4.95. The lowest BCUT2D eigenvalue weighted by Gasteiger charge is -2.24. The molecule has 0 unspecified atom stereocenters. The van der Waals surface area contributed by atoms with E-state index < -0.39 is 28.4 Å². The van der Waals surface area contributed by atoms with Gasteiger partial charge >= 0.3 is 5.97 Å². The van der Waals surface area contributed by atoms with Crippen LogP contribution in [0.2, 0.25) is 0 Å². The summed E-state index contributed by atoms with van der Waals surface area (Å²) in [4.78, 5) is 24.9. The lowest BCUT2D eigenvalue weighted by atomic mass is 10.1. The van der Waals surface area contributed by atoms with Crippen LogP contribution in [0.3, 0.4) is 0 Å². The van der Waals surface area contributed by atoms with Gasteiger partial charge in [0.2, 0.25) is 5.91 Å². The smallest absolute Gasteiger partial charge is 0.338 e. The zero-order chi connectivity index (χ0) is 23.3. The van der Waals surface area contributed by atoms with Crippen molar-refractivity contribution < 1.29 is 22.7 Å². The molecule has 0 aliphatic rings. The second-order valence-corrected chi connectivity index (χ2v) is 9.04. The summed E-state index contributed by atoms with van der Waals surface area (Å²) < 4.78 is 32.5. The average Bonchev–Trinajstić information content (AvgIpc) is 2.79. The van der Waals surface area contributed by atoms with Crippen molar-refractivity contribution >= 4 is 33.3 Å². The SMILES string of the molecule is COC(=O)c1cccc(NC(=O)CN(c2ccc(C)cc2)S(=O)(=O)c2ccccc2)c1C. The van der Waals surface area contributed by atoms with E-state index in [1.807, 2.05) is 6.92 Å². The highest BCUT2D eigenvalue weighted by Crippen LogP contribution is 2.25. The third-order valence-corrected chi connectivity index (χ3v) is 6.74. The molecular formula is C24H24N2O5S. The first kappa shape index (κ1) is 23.0. The number of sulfonamides is 1. The molecule has 0 aliphatic carbocycles. The molecule has 0 saturated heterocycles. The lowest BCUT2D eigenvalue weighted by molar-refractivity contribution is -0.114. The molecule has 3 rings (SSSR count). The molecule has 7 nitrogen and oxygen atoms in total. The van der Waals surface area contributed by atoms with Crippen LogP contribution in [0, 0.1) is 13.8 Å². The summed E-state index contributed by atoms with van der Waals surface area (Å²) in [6, 6.07) is 19.7. The van der Waals surface area contributed by atoms with Gasteiger partial charge in [0.15, 0.2) is 0 Å². The summed E-state index contributed by atoms with van der Waals surface area (Å²) in [6.07, 6.45) is 0. The van der Waals surface area contributed by atoms with Crippen molar-refractivity contribution in [2.24, 2.45) is 0 Å². The Hall–Kier alpha value is -3.65. The van der Waals surface area contributed by atoms with Gasteiger partial charge in [-0.3, -0.25) is 9.10 Å². The van der Waals surface area contributed by atoms with Gasteiger partial charge in [0.25, 0.3) is 10.0 Å². The highest BCUT2D eigenvalue weighted by Gasteiger charge is 2.27. The van der Waals surface area contributed by atoms with Crippen LogP contribution in [0.15, 0.2) is 77.7 Å². The normalized spacial score (nSPS) is 11.0. The molecular weight excluding hydrogens is 428 g/mol. The molecule has 0 fully saturated rings. The number of carbonyl (C=O) groups excluding carboxylic acids is 2. The molecule has 0 heterocycles. The Bertz CT molecular complexity index is 1220. The lowest BCUT2D eigenvalue weighted by Crippen LogP contribution is -2.38. The molecule has 0 aliphatic heterocycles. The third kappa shape index (κ3) is 4.97. The number of nitrogens with one attached hydrogen (secondary N) is 1. The van der Waals surface area contributed by atoms with Gasteiger partial charge in [-0.05, 0) is 55.8 Å². The molecule has 0 aromatic heterocycles. The molecule has 0 radical (unpaired) electrons. The van der Waals surface area contributed by atoms with Crippen LogP contribution in [0.4, 0.5) is 11.4 Å². The Morgan fingerprint density at radius 2 is 1.56 bits per heavy atom. The largest absolute Gasteiger partial charge is 0.465 e. The van der Waals surface area contributed by atoms with Gasteiger partial charge < -0.3 is 10.1 Å². The summed E-state index contributed by atoms with van der Waals surface area (Å²) in [6.45, 7) is 3.13. The molecule has 32 heavy (non-hydrogen) atoms. The van der Waals surface area contributed by atoms with Gasteiger partial charge in [0.1, 0.15) is 6.54 Å². The number of rotatable bonds is 7. The van der Waals surface area contributed by atoms with E-state index in [1.165, 1.54) is 19.2 Å². The van der Waals surface area contributed by atoms with Crippen LogP contribution in [0.25, 0.3) is 0 Å². The summed E-state index contributed by atoms with van der Waals surface area (Å²) >= 11 is 0. The number of nitrogens with zero attached hydrogens (tertiary/aromatic N) is 1. The Kier molecular flexibility index (Phi) is 6.95. The molecule has 8 heteroatoms. The number of amides is 1. The fourth-order valence-corrected chi connectivity index (χ4v) is 4.61. The van der Waals surface area contributed by atoms with Gasteiger partial charge in [0.05, 0.1) is 23.3 Å². The fraction of sp³-hybridized carbons (Fsp3) is 0.167. The van der Waals surface area contributed by atoms with Crippen LogP contribution < -0.4 is 9.62 Å². The van der Waals surface area contributed by atoms with Crippen molar-refractivity contribution in [1.29, 1.82) is 0 Å². The quantitative estimate of drug-likeness (QED) is 0.549. The van der Waals surface area contributed by atoms with Gasteiger partial charge in [-0.2, -0.15) is 0 Å². The first-order valence-electron chi connectivity index (χ1n) is 9.86. The maximum atomic E-state index is 13.3. The highest BCUT2D eigenvalue weighted by atomic mass is 32.2.